The molecule has 0 unspecified atom stereocenters. The number of rotatable bonds is 5. The van der Waals surface area contributed by atoms with E-state index >= 15 is 0 Å². The van der Waals surface area contributed by atoms with Gasteiger partial charge in [-0.1, -0.05) is 25.1 Å². The standard InChI is InChI=1S/C29H33NO6S/c1-4-29-15-12-19-16-21(35-18(2)31)8-9-23(19)24(29)13-14-28(3)25(29)10-11-26(28)36-27(32)20-6-5-7-22(17-20)37(30,33)34/h4-9,16-17,24-26H,1,10-15H2,2-3H3,(H2,30,33,34)/t24-,25-,26+,28+,29-/m1/s1. The molecule has 0 radical (unpaired) electrons. The van der Waals surface area contributed by atoms with E-state index in [2.05, 4.69) is 25.6 Å². The highest BCUT2D eigenvalue weighted by atomic mass is 32.2. The molecular weight excluding hydrogens is 490 g/mol. The van der Waals surface area contributed by atoms with Crippen molar-refractivity contribution in [3.8, 4) is 5.75 Å². The zero-order valence-corrected chi connectivity index (χ0v) is 22.1. The number of fused-ring (bicyclic) bond motifs is 5. The maximum absolute atomic E-state index is 13.1. The van der Waals surface area contributed by atoms with Gasteiger partial charge in [0.15, 0.2) is 0 Å². The van der Waals surface area contributed by atoms with E-state index in [9.17, 15) is 18.0 Å². The average Bonchev–Trinajstić information content (AvgIpc) is 3.19. The monoisotopic (exact) mass is 523 g/mol. The topological polar surface area (TPSA) is 113 Å². The van der Waals surface area contributed by atoms with E-state index in [-0.39, 0.29) is 33.4 Å². The number of carbonyl (C=O) groups is 2. The van der Waals surface area contributed by atoms with E-state index < -0.39 is 16.0 Å². The van der Waals surface area contributed by atoms with Crippen LogP contribution in [0, 0.1) is 16.7 Å². The summed E-state index contributed by atoms with van der Waals surface area (Å²) in [5, 5.41) is 5.24. The second kappa shape index (κ2) is 9.10. The van der Waals surface area contributed by atoms with Crippen LogP contribution in [0.15, 0.2) is 60.0 Å². The maximum Gasteiger partial charge on any atom is 0.338 e. The summed E-state index contributed by atoms with van der Waals surface area (Å²) < 4.78 is 34.9. The number of benzene rings is 2. The van der Waals surface area contributed by atoms with Crippen molar-refractivity contribution in [3.63, 3.8) is 0 Å². The Morgan fingerprint density at radius 3 is 2.59 bits per heavy atom. The number of hydrogen-bond acceptors (Lipinski definition) is 6. The van der Waals surface area contributed by atoms with Crippen LogP contribution >= 0.6 is 0 Å². The van der Waals surface area contributed by atoms with Crippen LogP contribution in [-0.2, 0) is 26.0 Å². The predicted octanol–water partition coefficient (Wildman–Crippen LogP) is 4.90. The SMILES string of the molecule is C=C[C@@]12CCc3cc(OC(C)=O)ccc3[C@H]1CC[C@]1(C)[C@@H](OC(=O)c3cccc(S(N)(=O)=O)c3)CC[C@H]12. The van der Waals surface area contributed by atoms with Gasteiger partial charge >= 0.3 is 11.9 Å². The number of allylic oxidation sites excluding steroid dienone is 1. The Bertz CT molecular complexity index is 1380. The minimum atomic E-state index is -3.92. The first-order chi connectivity index (χ1) is 17.5. The molecule has 0 saturated heterocycles. The number of primary sulfonamides is 1. The summed E-state index contributed by atoms with van der Waals surface area (Å²) in [5.74, 6) is 0.328. The molecule has 3 aliphatic carbocycles. The lowest BCUT2D eigenvalue weighted by molar-refractivity contribution is -0.131. The van der Waals surface area contributed by atoms with Crippen molar-refractivity contribution in [2.24, 2.45) is 21.9 Å². The Morgan fingerprint density at radius 1 is 1.11 bits per heavy atom. The molecule has 5 atom stereocenters. The lowest BCUT2D eigenvalue weighted by atomic mass is 9.47. The fourth-order valence-corrected chi connectivity index (χ4v) is 8.04. The molecule has 8 heteroatoms. The third-order valence-electron chi connectivity index (χ3n) is 9.12. The molecule has 7 nitrogen and oxygen atoms in total. The second-order valence-electron chi connectivity index (χ2n) is 11.0. The third kappa shape index (κ3) is 4.30. The summed E-state index contributed by atoms with van der Waals surface area (Å²) in [4.78, 5) is 24.4. The highest BCUT2D eigenvalue weighted by Crippen LogP contribution is 2.68. The van der Waals surface area contributed by atoms with Crippen LogP contribution in [0.4, 0.5) is 0 Å². The molecular formula is C29H33NO6S. The molecule has 0 amide bonds. The molecule has 2 fully saturated rings. The van der Waals surface area contributed by atoms with Gasteiger partial charge in [-0.25, -0.2) is 18.4 Å². The molecule has 0 bridgehead atoms. The molecule has 0 heterocycles. The summed E-state index contributed by atoms with van der Waals surface area (Å²) in [5.41, 5.74) is 2.37. The molecule has 2 aromatic rings. The van der Waals surface area contributed by atoms with Crippen molar-refractivity contribution in [3.05, 3.63) is 71.8 Å². The van der Waals surface area contributed by atoms with Crippen LogP contribution in [0.25, 0.3) is 0 Å². The van der Waals surface area contributed by atoms with Gasteiger partial charge in [-0.15, -0.1) is 6.58 Å². The number of hydrogen-bond donors (Lipinski definition) is 1. The number of esters is 2. The second-order valence-corrected chi connectivity index (χ2v) is 12.5. The van der Waals surface area contributed by atoms with Gasteiger partial charge in [0.1, 0.15) is 11.9 Å². The van der Waals surface area contributed by atoms with Crippen molar-refractivity contribution in [1.29, 1.82) is 0 Å². The first kappa shape index (κ1) is 25.7. The Kier molecular flexibility index (Phi) is 6.31. The molecule has 0 aliphatic heterocycles. The molecule has 196 valence electrons. The van der Waals surface area contributed by atoms with Gasteiger partial charge in [-0.2, -0.15) is 0 Å². The summed E-state index contributed by atoms with van der Waals surface area (Å²) in [7, 11) is -3.92. The van der Waals surface area contributed by atoms with Crippen molar-refractivity contribution in [2.45, 2.75) is 69.3 Å². The molecule has 5 rings (SSSR count). The minimum Gasteiger partial charge on any atom is -0.458 e. The Labute approximate surface area is 218 Å². The summed E-state index contributed by atoms with van der Waals surface area (Å²) in [6.45, 7) is 7.93. The van der Waals surface area contributed by atoms with Gasteiger partial charge in [0.25, 0.3) is 0 Å². The van der Waals surface area contributed by atoms with Gasteiger partial charge in [0, 0.05) is 12.3 Å². The highest BCUT2D eigenvalue weighted by molar-refractivity contribution is 7.89. The lowest BCUT2D eigenvalue weighted by Crippen LogP contribution is -2.51. The van der Waals surface area contributed by atoms with Crippen LogP contribution in [0.5, 0.6) is 5.75 Å². The maximum atomic E-state index is 13.1. The van der Waals surface area contributed by atoms with Gasteiger partial charge in [0.05, 0.1) is 10.5 Å². The van der Waals surface area contributed by atoms with E-state index in [0.29, 0.717) is 17.6 Å². The zero-order chi connectivity index (χ0) is 26.6. The van der Waals surface area contributed by atoms with Gasteiger partial charge in [0.2, 0.25) is 10.0 Å². The van der Waals surface area contributed by atoms with Gasteiger partial charge < -0.3 is 9.47 Å². The largest absolute Gasteiger partial charge is 0.458 e. The Hall–Kier alpha value is -2.97. The van der Waals surface area contributed by atoms with E-state index in [4.69, 9.17) is 14.6 Å². The van der Waals surface area contributed by atoms with Gasteiger partial charge in [-0.3, -0.25) is 4.79 Å². The number of sulfonamides is 1. The molecule has 3 aliphatic rings. The fourth-order valence-electron chi connectivity index (χ4n) is 7.48. The van der Waals surface area contributed by atoms with Crippen LogP contribution < -0.4 is 9.88 Å². The number of carbonyl (C=O) groups excluding carboxylic acids is 2. The molecule has 2 aromatic carbocycles. The van der Waals surface area contributed by atoms with Crippen molar-refractivity contribution in [1.82, 2.24) is 0 Å². The fraction of sp³-hybridized carbons (Fsp3) is 0.448. The van der Waals surface area contributed by atoms with Crippen molar-refractivity contribution in [2.75, 3.05) is 0 Å². The van der Waals surface area contributed by atoms with E-state index in [1.807, 2.05) is 12.1 Å². The number of ether oxygens (including phenoxy) is 2. The van der Waals surface area contributed by atoms with Crippen LogP contribution in [0.2, 0.25) is 0 Å². The Balaban J connectivity index is 1.40. The van der Waals surface area contributed by atoms with Crippen LogP contribution in [-0.4, -0.2) is 26.5 Å². The third-order valence-corrected chi connectivity index (χ3v) is 10.0. The molecule has 0 aromatic heterocycles. The highest BCUT2D eigenvalue weighted by Gasteiger charge is 2.62. The summed E-state index contributed by atoms with van der Waals surface area (Å²) in [6, 6.07) is 11.7. The molecule has 37 heavy (non-hydrogen) atoms. The smallest absolute Gasteiger partial charge is 0.338 e. The molecule has 2 saturated carbocycles. The van der Waals surface area contributed by atoms with Gasteiger partial charge in [-0.05, 0) is 97.2 Å². The average molecular weight is 524 g/mol. The summed E-state index contributed by atoms with van der Waals surface area (Å²) >= 11 is 0. The minimum absolute atomic E-state index is 0.110. The van der Waals surface area contributed by atoms with Crippen molar-refractivity contribution < 1.29 is 27.5 Å². The molecule has 0 spiro atoms. The number of nitrogens with two attached hydrogens (primary N) is 1. The zero-order valence-electron chi connectivity index (χ0n) is 21.2. The summed E-state index contributed by atoms with van der Waals surface area (Å²) in [6.07, 6.45) is 7.19. The number of aryl methyl sites for hydroxylation is 1. The van der Waals surface area contributed by atoms with E-state index in [1.165, 1.54) is 36.2 Å². The first-order valence-corrected chi connectivity index (χ1v) is 14.3. The normalized spacial score (nSPS) is 30.4. The first-order valence-electron chi connectivity index (χ1n) is 12.8. The van der Waals surface area contributed by atoms with Crippen LogP contribution in [0.1, 0.15) is 73.4 Å². The molecule has 2 N–H and O–H groups in total. The Morgan fingerprint density at radius 2 is 1.89 bits per heavy atom. The van der Waals surface area contributed by atoms with E-state index in [1.54, 1.807) is 6.07 Å². The van der Waals surface area contributed by atoms with Crippen LogP contribution in [0.3, 0.4) is 0 Å². The van der Waals surface area contributed by atoms with Crippen molar-refractivity contribution >= 4 is 22.0 Å². The lowest BCUT2D eigenvalue weighted by Gasteiger charge is -2.57. The predicted molar refractivity (Wildman–Crippen MR) is 139 cm³/mol. The van der Waals surface area contributed by atoms with E-state index in [0.717, 1.165) is 38.5 Å². The quantitative estimate of drug-likeness (QED) is 0.339.